The molecule has 1 aromatic rings. The van der Waals surface area contributed by atoms with Crippen LogP contribution in [0, 0.1) is 0 Å². The van der Waals surface area contributed by atoms with Crippen molar-refractivity contribution in [3.05, 3.63) is 18.2 Å². The van der Waals surface area contributed by atoms with E-state index < -0.39 is 0 Å². The van der Waals surface area contributed by atoms with Gasteiger partial charge in [0.2, 0.25) is 5.91 Å². The average Bonchev–Trinajstić information content (AvgIpc) is 3.00. The topological polar surface area (TPSA) is 61.0 Å². The minimum Gasteiger partial charge on any atom is -0.347 e. The number of nitrogens with one attached hydrogen (secondary N) is 2. The zero-order valence-electron chi connectivity index (χ0n) is 11.2. The van der Waals surface area contributed by atoms with Gasteiger partial charge >= 0.3 is 0 Å². The third-order valence-corrected chi connectivity index (χ3v) is 3.62. The molecule has 1 atom stereocenters. The third-order valence-electron chi connectivity index (χ3n) is 3.62. The smallest absolute Gasteiger partial charge is 0.243 e. The molecule has 0 aromatic carbocycles. The Morgan fingerprint density at radius 3 is 3.00 bits per heavy atom. The predicted molar refractivity (Wildman–Crippen MR) is 69.9 cm³/mol. The van der Waals surface area contributed by atoms with Gasteiger partial charge in [-0.15, -0.1) is 0 Å². The van der Waals surface area contributed by atoms with E-state index in [0.717, 1.165) is 38.1 Å². The third kappa shape index (κ3) is 2.56. The summed E-state index contributed by atoms with van der Waals surface area (Å²) < 4.78 is 0. The molecular weight excluding hydrogens is 228 g/mol. The van der Waals surface area contributed by atoms with Crippen molar-refractivity contribution >= 4 is 5.91 Å². The van der Waals surface area contributed by atoms with Crippen LogP contribution in [0.5, 0.6) is 0 Å². The van der Waals surface area contributed by atoms with Crippen molar-refractivity contribution < 1.29 is 4.79 Å². The van der Waals surface area contributed by atoms with Gasteiger partial charge in [0.25, 0.3) is 0 Å². The highest BCUT2D eigenvalue weighted by Gasteiger charge is 2.41. The molecule has 0 saturated carbocycles. The normalized spacial score (nSPS) is 23.2. The maximum absolute atomic E-state index is 12.6. The van der Waals surface area contributed by atoms with E-state index in [9.17, 15) is 4.79 Å². The molecule has 2 rings (SSSR count). The summed E-state index contributed by atoms with van der Waals surface area (Å²) in [6.45, 7) is 3.61. The Morgan fingerprint density at radius 1 is 1.61 bits per heavy atom. The van der Waals surface area contributed by atoms with Gasteiger partial charge in [-0.05, 0) is 25.8 Å². The maximum atomic E-state index is 12.6. The van der Waals surface area contributed by atoms with Crippen molar-refractivity contribution in [2.75, 3.05) is 13.6 Å². The van der Waals surface area contributed by atoms with Crippen LogP contribution in [0.3, 0.4) is 0 Å². The highest BCUT2D eigenvalue weighted by atomic mass is 16.2. The lowest BCUT2D eigenvalue weighted by molar-refractivity contribution is -0.137. The van der Waals surface area contributed by atoms with Crippen LogP contribution in [0.15, 0.2) is 12.4 Å². The fourth-order valence-corrected chi connectivity index (χ4v) is 2.78. The van der Waals surface area contributed by atoms with E-state index in [1.807, 2.05) is 7.05 Å². The largest absolute Gasteiger partial charge is 0.347 e. The Bertz CT molecular complexity index is 382. The summed E-state index contributed by atoms with van der Waals surface area (Å²) in [6.07, 6.45) is 7.46. The van der Waals surface area contributed by atoms with Gasteiger partial charge in [0, 0.05) is 19.4 Å². The number of carbonyl (C=O) groups excluding carboxylic acids is 1. The lowest BCUT2D eigenvalue weighted by Gasteiger charge is -2.32. The lowest BCUT2D eigenvalue weighted by atomic mass is 9.90. The number of aromatic amines is 1. The zero-order chi connectivity index (χ0) is 13.0. The first kappa shape index (κ1) is 13.1. The van der Waals surface area contributed by atoms with Gasteiger partial charge in [-0.3, -0.25) is 4.79 Å². The van der Waals surface area contributed by atoms with Gasteiger partial charge in [-0.2, -0.15) is 0 Å². The van der Waals surface area contributed by atoms with Crippen LogP contribution in [0.25, 0.3) is 0 Å². The number of imidazole rings is 1. The first-order valence-electron chi connectivity index (χ1n) is 6.67. The van der Waals surface area contributed by atoms with Crippen LogP contribution >= 0.6 is 0 Å². The minimum atomic E-state index is -0.337. The van der Waals surface area contributed by atoms with E-state index in [-0.39, 0.29) is 11.4 Å². The quantitative estimate of drug-likeness (QED) is 0.828. The van der Waals surface area contributed by atoms with Crippen molar-refractivity contribution in [2.24, 2.45) is 0 Å². The summed E-state index contributed by atoms with van der Waals surface area (Å²) in [4.78, 5) is 21.6. The van der Waals surface area contributed by atoms with E-state index in [1.54, 1.807) is 17.3 Å². The van der Waals surface area contributed by atoms with Gasteiger partial charge in [0.1, 0.15) is 5.82 Å². The number of hydrogen-bond acceptors (Lipinski definition) is 3. The Balaban J connectivity index is 2.04. The first-order chi connectivity index (χ1) is 8.68. The Hall–Kier alpha value is -1.36. The molecule has 100 valence electrons. The average molecular weight is 250 g/mol. The molecule has 18 heavy (non-hydrogen) atoms. The monoisotopic (exact) mass is 250 g/mol. The number of hydrogen-bond donors (Lipinski definition) is 2. The molecule has 5 heteroatoms. The minimum absolute atomic E-state index is 0.193. The molecule has 1 saturated heterocycles. The number of H-pyrrole nitrogens is 1. The molecule has 0 spiro atoms. The van der Waals surface area contributed by atoms with E-state index >= 15 is 0 Å². The van der Waals surface area contributed by atoms with Crippen LogP contribution in [0.4, 0.5) is 0 Å². The molecule has 0 radical (unpaired) electrons. The molecule has 1 unspecified atom stereocenters. The number of nitrogens with zero attached hydrogens (tertiary/aromatic N) is 2. The summed E-state index contributed by atoms with van der Waals surface area (Å²) in [5.74, 6) is 1.02. The lowest BCUT2D eigenvalue weighted by Crippen LogP contribution is -2.53. The van der Waals surface area contributed by atoms with Crippen molar-refractivity contribution in [3.63, 3.8) is 0 Å². The Labute approximate surface area is 108 Å². The van der Waals surface area contributed by atoms with Gasteiger partial charge < -0.3 is 15.2 Å². The van der Waals surface area contributed by atoms with Gasteiger partial charge in [0.15, 0.2) is 0 Å². The van der Waals surface area contributed by atoms with E-state index in [0.29, 0.717) is 6.54 Å². The Kier molecular flexibility index (Phi) is 4.01. The highest BCUT2D eigenvalue weighted by molar-refractivity contribution is 5.86. The van der Waals surface area contributed by atoms with E-state index in [2.05, 4.69) is 22.2 Å². The van der Waals surface area contributed by atoms with E-state index in [4.69, 9.17) is 0 Å². The molecule has 1 aromatic heterocycles. The van der Waals surface area contributed by atoms with Crippen LogP contribution in [-0.4, -0.2) is 39.9 Å². The van der Waals surface area contributed by atoms with Gasteiger partial charge in [-0.25, -0.2) is 4.98 Å². The molecule has 2 N–H and O–H groups in total. The summed E-state index contributed by atoms with van der Waals surface area (Å²) in [5.41, 5.74) is -0.337. The molecule has 0 aliphatic carbocycles. The molecule has 1 aliphatic heterocycles. The van der Waals surface area contributed by atoms with Crippen LogP contribution in [0.2, 0.25) is 0 Å². The number of amides is 1. The maximum Gasteiger partial charge on any atom is 0.243 e. The SMILES string of the molecule is CCCC1(C(=O)N(C)Cc2ncc[nH]2)CCCN1. The fraction of sp³-hybridized carbons (Fsp3) is 0.692. The number of likely N-dealkylation sites (N-methyl/N-ethyl adjacent to an activating group) is 1. The highest BCUT2D eigenvalue weighted by Crippen LogP contribution is 2.27. The fourth-order valence-electron chi connectivity index (χ4n) is 2.78. The summed E-state index contributed by atoms with van der Waals surface area (Å²) >= 11 is 0. The molecule has 1 amide bonds. The van der Waals surface area contributed by atoms with E-state index in [1.165, 1.54) is 0 Å². The molecule has 1 fully saturated rings. The second-order valence-electron chi connectivity index (χ2n) is 5.06. The van der Waals surface area contributed by atoms with Crippen molar-refractivity contribution in [3.8, 4) is 0 Å². The van der Waals surface area contributed by atoms with Crippen LogP contribution in [-0.2, 0) is 11.3 Å². The van der Waals surface area contributed by atoms with Gasteiger partial charge in [0.05, 0.1) is 12.1 Å². The van der Waals surface area contributed by atoms with Crippen molar-refractivity contribution in [2.45, 2.75) is 44.7 Å². The first-order valence-corrected chi connectivity index (χ1v) is 6.67. The summed E-state index contributed by atoms with van der Waals surface area (Å²) in [5, 5.41) is 3.41. The van der Waals surface area contributed by atoms with Crippen LogP contribution in [0.1, 0.15) is 38.4 Å². The van der Waals surface area contributed by atoms with Gasteiger partial charge in [-0.1, -0.05) is 13.3 Å². The molecule has 1 aliphatic rings. The number of carbonyl (C=O) groups is 1. The van der Waals surface area contributed by atoms with Crippen molar-refractivity contribution in [1.82, 2.24) is 20.2 Å². The Morgan fingerprint density at radius 2 is 2.44 bits per heavy atom. The second-order valence-corrected chi connectivity index (χ2v) is 5.06. The standard InChI is InChI=1S/C13H22N4O/c1-3-5-13(6-4-7-16-13)12(18)17(2)10-11-14-8-9-15-11/h8-9,16H,3-7,10H2,1-2H3,(H,14,15). The van der Waals surface area contributed by atoms with Crippen molar-refractivity contribution in [1.29, 1.82) is 0 Å². The molecule has 2 heterocycles. The van der Waals surface area contributed by atoms with Crippen LogP contribution < -0.4 is 5.32 Å². The molecule has 5 nitrogen and oxygen atoms in total. The summed E-state index contributed by atoms with van der Waals surface area (Å²) in [7, 11) is 1.85. The number of rotatable bonds is 5. The summed E-state index contributed by atoms with van der Waals surface area (Å²) in [6, 6.07) is 0. The molecule has 0 bridgehead atoms. The second kappa shape index (κ2) is 5.52. The zero-order valence-corrected chi connectivity index (χ0v) is 11.2. The predicted octanol–water partition coefficient (Wildman–Crippen LogP) is 1.29. The number of aromatic nitrogens is 2. The molecular formula is C13H22N4O.